The van der Waals surface area contributed by atoms with E-state index in [1.165, 1.54) is 6.07 Å². The standard InChI is InChI=1S/C20H15ClN4O3/c1-11-5-4-7-12-14(9-16(26)23-18(11)12)20(27)22-10-17-24-19(25-28-17)13-6-2-3-8-15(13)21/h2-9H,10H2,1H3,(H,22,27)(H,23,26). The Hall–Kier alpha value is -3.45. The maximum Gasteiger partial charge on any atom is 0.252 e. The van der Waals surface area contributed by atoms with Crippen LogP contribution in [0.1, 0.15) is 21.8 Å². The van der Waals surface area contributed by atoms with E-state index in [4.69, 9.17) is 16.1 Å². The first-order valence-corrected chi connectivity index (χ1v) is 8.89. The van der Waals surface area contributed by atoms with Crippen LogP contribution in [0.4, 0.5) is 0 Å². The van der Waals surface area contributed by atoms with Crippen LogP contribution in [-0.4, -0.2) is 21.0 Å². The Labute approximate surface area is 164 Å². The molecule has 0 aliphatic heterocycles. The number of pyridine rings is 1. The summed E-state index contributed by atoms with van der Waals surface area (Å²) in [5.41, 5.74) is 2.10. The van der Waals surface area contributed by atoms with E-state index >= 15 is 0 Å². The van der Waals surface area contributed by atoms with Gasteiger partial charge in [0.05, 0.1) is 22.6 Å². The maximum atomic E-state index is 12.7. The summed E-state index contributed by atoms with van der Waals surface area (Å²) in [6.07, 6.45) is 0. The highest BCUT2D eigenvalue weighted by atomic mass is 35.5. The number of carbonyl (C=O) groups is 1. The Kier molecular flexibility index (Phi) is 4.67. The van der Waals surface area contributed by atoms with Gasteiger partial charge in [-0.15, -0.1) is 0 Å². The summed E-state index contributed by atoms with van der Waals surface area (Å²) in [7, 11) is 0. The van der Waals surface area contributed by atoms with E-state index in [2.05, 4.69) is 20.4 Å². The molecule has 2 aromatic heterocycles. The van der Waals surface area contributed by atoms with Gasteiger partial charge >= 0.3 is 0 Å². The van der Waals surface area contributed by atoms with Gasteiger partial charge in [0.15, 0.2) is 0 Å². The SMILES string of the molecule is Cc1cccc2c(C(=O)NCc3nc(-c4ccccc4Cl)no3)cc(=O)[nH]c12. The molecule has 140 valence electrons. The van der Waals surface area contributed by atoms with Gasteiger partial charge in [0.2, 0.25) is 17.3 Å². The van der Waals surface area contributed by atoms with E-state index in [-0.39, 0.29) is 23.6 Å². The first kappa shape index (κ1) is 17.9. The Morgan fingerprint density at radius 1 is 1.21 bits per heavy atom. The predicted octanol–water partition coefficient (Wildman–Crippen LogP) is 3.47. The van der Waals surface area contributed by atoms with Crippen molar-refractivity contribution in [3.05, 3.63) is 80.9 Å². The van der Waals surface area contributed by atoms with Gasteiger partial charge in [-0.25, -0.2) is 0 Å². The second kappa shape index (κ2) is 7.28. The lowest BCUT2D eigenvalue weighted by Crippen LogP contribution is -2.25. The molecule has 0 unspecified atom stereocenters. The third-order valence-corrected chi connectivity index (χ3v) is 4.64. The molecule has 7 nitrogen and oxygen atoms in total. The first-order valence-electron chi connectivity index (χ1n) is 8.51. The molecule has 0 aliphatic rings. The third-order valence-electron chi connectivity index (χ3n) is 4.31. The zero-order chi connectivity index (χ0) is 19.7. The van der Waals surface area contributed by atoms with Gasteiger partial charge in [-0.05, 0) is 24.6 Å². The monoisotopic (exact) mass is 394 g/mol. The van der Waals surface area contributed by atoms with Gasteiger partial charge < -0.3 is 14.8 Å². The first-order chi connectivity index (χ1) is 13.5. The van der Waals surface area contributed by atoms with Crippen molar-refractivity contribution in [2.75, 3.05) is 0 Å². The number of benzene rings is 2. The number of amides is 1. The van der Waals surface area contributed by atoms with Crippen molar-refractivity contribution >= 4 is 28.4 Å². The van der Waals surface area contributed by atoms with Crippen LogP contribution >= 0.6 is 11.6 Å². The van der Waals surface area contributed by atoms with Crippen molar-refractivity contribution in [1.29, 1.82) is 0 Å². The van der Waals surface area contributed by atoms with Crippen molar-refractivity contribution in [2.24, 2.45) is 0 Å². The van der Waals surface area contributed by atoms with Crippen LogP contribution in [0.15, 0.2) is 57.8 Å². The maximum absolute atomic E-state index is 12.7. The molecule has 1 amide bonds. The number of aromatic nitrogens is 3. The highest BCUT2D eigenvalue weighted by Crippen LogP contribution is 2.25. The van der Waals surface area contributed by atoms with Crippen LogP contribution in [0.25, 0.3) is 22.3 Å². The van der Waals surface area contributed by atoms with Gasteiger partial charge in [-0.2, -0.15) is 4.98 Å². The molecule has 0 radical (unpaired) electrons. The topological polar surface area (TPSA) is 101 Å². The number of H-pyrrole nitrogens is 1. The molecular formula is C20H15ClN4O3. The molecule has 0 spiro atoms. The summed E-state index contributed by atoms with van der Waals surface area (Å²) in [5, 5.41) is 7.78. The van der Waals surface area contributed by atoms with E-state index < -0.39 is 5.91 Å². The minimum atomic E-state index is -0.404. The normalized spacial score (nSPS) is 10.9. The summed E-state index contributed by atoms with van der Waals surface area (Å²) >= 11 is 6.13. The average molecular weight is 395 g/mol. The Bertz CT molecular complexity index is 1250. The van der Waals surface area contributed by atoms with Gasteiger partial charge in [-0.3, -0.25) is 9.59 Å². The van der Waals surface area contributed by atoms with E-state index in [1.807, 2.05) is 25.1 Å². The van der Waals surface area contributed by atoms with Gasteiger partial charge in [-0.1, -0.05) is 47.1 Å². The number of nitrogens with one attached hydrogen (secondary N) is 2. The lowest BCUT2D eigenvalue weighted by Gasteiger charge is -2.08. The quantitative estimate of drug-likeness (QED) is 0.552. The Balaban J connectivity index is 1.56. The molecule has 0 atom stereocenters. The highest BCUT2D eigenvalue weighted by molar-refractivity contribution is 6.33. The number of para-hydroxylation sites is 1. The molecule has 2 heterocycles. The van der Waals surface area contributed by atoms with E-state index in [0.717, 1.165) is 5.56 Å². The number of aryl methyl sites for hydroxylation is 1. The van der Waals surface area contributed by atoms with Gasteiger partial charge in [0.1, 0.15) is 0 Å². The number of aromatic amines is 1. The minimum absolute atomic E-state index is 0.0242. The molecule has 0 bridgehead atoms. The molecular weight excluding hydrogens is 380 g/mol. The van der Waals surface area contributed by atoms with Crippen LogP contribution < -0.4 is 10.9 Å². The van der Waals surface area contributed by atoms with Crippen molar-refractivity contribution in [1.82, 2.24) is 20.4 Å². The minimum Gasteiger partial charge on any atom is -0.343 e. The lowest BCUT2D eigenvalue weighted by molar-refractivity contribution is 0.0947. The summed E-state index contributed by atoms with van der Waals surface area (Å²) in [5.74, 6) is 0.167. The number of halogens is 1. The van der Waals surface area contributed by atoms with E-state index in [1.54, 1.807) is 24.3 Å². The van der Waals surface area contributed by atoms with Crippen molar-refractivity contribution in [3.63, 3.8) is 0 Å². The molecule has 0 saturated carbocycles. The van der Waals surface area contributed by atoms with Crippen molar-refractivity contribution < 1.29 is 9.32 Å². The summed E-state index contributed by atoms with van der Waals surface area (Å²) in [6, 6.07) is 13.9. The number of fused-ring (bicyclic) bond motifs is 1. The molecule has 0 fully saturated rings. The summed E-state index contributed by atoms with van der Waals surface area (Å²) < 4.78 is 5.19. The molecule has 4 aromatic rings. The fourth-order valence-corrected chi connectivity index (χ4v) is 3.16. The predicted molar refractivity (Wildman–Crippen MR) is 105 cm³/mol. The van der Waals surface area contributed by atoms with Crippen molar-refractivity contribution in [2.45, 2.75) is 13.5 Å². The van der Waals surface area contributed by atoms with Crippen LogP contribution in [0.3, 0.4) is 0 Å². The molecule has 28 heavy (non-hydrogen) atoms. The second-order valence-corrected chi connectivity index (χ2v) is 6.63. The molecule has 2 aromatic carbocycles. The van der Waals surface area contributed by atoms with Crippen LogP contribution in [0.2, 0.25) is 5.02 Å². The fourth-order valence-electron chi connectivity index (χ4n) is 2.94. The smallest absolute Gasteiger partial charge is 0.252 e. The summed E-state index contributed by atoms with van der Waals surface area (Å²) in [4.78, 5) is 31.6. The number of rotatable bonds is 4. The fraction of sp³-hybridized carbons (Fsp3) is 0.100. The number of carbonyl (C=O) groups excluding carboxylic acids is 1. The molecule has 0 aliphatic carbocycles. The molecule has 0 saturated heterocycles. The number of hydrogen-bond acceptors (Lipinski definition) is 5. The number of nitrogens with zero attached hydrogens (tertiary/aromatic N) is 2. The van der Waals surface area contributed by atoms with Gasteiger partial charge in [0.25, 0.3) is 5.91 Å². The largest absolute Gasteiger partial charge is 0.343 e. The van der Waals surface area contributed by atoms with Crippen molar-refractivity contribution in [3.8, 4) is 11.4 Å². The summed E-state index contributed by atoms with van der Waals surface area (Å²) in [6.45, 7) is 1.89. The average Bonchev–Trinajstić information content (AvgIpc) is 3.15. The van der Waals surface area contributed by atoms with Crippen LogP contribution in [0.5, 0.6) is 0 Å². The Morgan fingerprint density at radius 2 is 2.04 bits per heavy atom. The van der Waals surface area contributed by atoms with E-state index in [9.17, 15) is 9.59 Å². The van der Waals surface area contributed by atoms with Gasteiger partial charge in [0, 0.05) is 17.0 Å². The third kappa shape index (κ3) is 3.39. The lowest BCUT2D eigenvalue weighted by atomic mass is 10.1. The second-order valence-electron chi connectivity index (χ2n) is 6.22. The zero-order valence-electron chi connectivity index (χ0n) is 14.8. The Morgan fingerprint density at radius 3 is 2.86 bits per heavy atom. The zero-order valence-corrected chi connectivity index (χ0v) is 15.6. The molecule has 8 heteroatoms. The highest BCUT2D eigenvalue weighted by Gasteiger charge is 2.15. The van der Waals surface area contributed by atoms with Crippen LogP contribution in [-0.2, 0) is 6.54 Å². The number of hydrogen-bond donors (Lipinski definition) is 2. The van der Waals surface area contributed by atoms with E-state index in [0.29, 0.717) is 27.3 Å². The van der Waals surface area contributed by atoms with Crippen LogP contribution in [0, 0.1) is 6.92 Å². The molecule has 4 rings (SSSR count). The molecule has 2 N–H and O–H groups in total.